The molecule has 1 heterocycles. The highest BCUT2D eigenvalue weighted by atomic mass is 35.5. The van der Waals surface area contributed by atoms with Crippen LogP contribution in [0.4, 0.5) is 5.69 Å². The average molecular weight is 274 g/mol. The van der Waals surface area contributed by atoms with Crippen molar-refractivity contribution in [3.8, 4) is 0 Å². The van der Waals surface area contributed by atoms with Gasteiger partial charge in [0.2, 0.25) is 0 Å². The van der Waals surface area contributed by atoms with Gasteiger partial charge in [-0.15, -0.1) is 0 Å². The summed E-state index contributed by atoms with van der Waals surface area (Å²) in [5, 5.41) is 0. The maximum Gasteiger partial charge on any atom is 0.489 e. The van der Waals surface area contributed by atoms with Crippen LogP contribution in [0.5, 0.6) is 0 Å². The SMILES string of the molecule is CCOP1(=O)O/C(=C\Cl)CN1c1ccccc1. The van der Waals surface area contributed by atoms with Gasteiger partial charge in [0, 0.05) is 11.2 Å². The predicted octanol–water partition coefficient (Wildman–Crippen LogP) is 3.75. The van der Waals surface area contributed by atoms with Gasteiger partial charge < -0.3 is 4.52 Å². The van der Waals surface area contributed by atoms with Crippen LogP contribution in [0.3, 0.4) is 0 Å². The Balaban J connectivity index is 2.34. The van der Waals surface area contributed by atoms with Crippen LogP contribution in [0.2, 0.25) is 0 Å². The summed E-state index contributed by atoms with van der Waals surface area (Å²) in [6, 6.07) is 9.34. The second-order valence-corrected chi connectivity index (χ2v) is 5.53. The Kier molecular flexibility index (Phi) is 3.77. The summed E-state index contributed by atoms with van der Waals surface area (Å²) in [4.78, 5) is 0. The maximum atomic E-state index is 12.5. The molecule has 17 heavy (non-hydrogen) atoms. The van der Waals surface area contributed by atoms with Crippen molar-refractivity contribution in [3.63, 3.8) is 0 Å². The molecular formula is C11H13ClNO3P. The van der Waals surface area contributed by atoms with E-state index in [0.29, 0.717) is 18.9 Å². The van der Waals surface area contributed by atoms with Crippen LogP contribution in [0.25, 0.3) is 0 Å². The Morgan fingerprint density at radius 2 is 2.24 bits per heavy atom. The minimum absolute atomic E-state index is 0.316. The molecule has 1 aliphatic heterocycles. The van der Waals surface area contributed by atoms with Crippen LogP contribution in [0, 0.1) is 0 Å². The number of hydrogen-bond acceptors (Lipinski definition) is 3. The van der Waals surface area contributed by atoms with Gasteiger partial charge in [0.25, 0.3) is 0 Å². The van der Waals surface area contributed by atoms with Gasteiger partial charge in [-0.2, -0.15) is 0 Å². The Morgan fingerprint density at radius 1 is 1.53 bits per heavy atom. The fourth-order valence-corrected chi connectivity index (χ4v) is 3.54. The van der Waals surface area contributed by atoms with E-state index in [2.05, 4.69) is 0 Å². The van der Waals surface area contributed by atoms with Gasteiger partial charge in [-0.25, -0.2) is 4.57 Å². The summed E-state index contributed by atoms with van der Waals surface area (Å²) in [6.45, 7) is 2.44. The highest BCUT2D eigenvalue weighted by molar-refractivity contribution is 7.56. The Bertz CT molecular complexity index is 463. The largest absolute Gasteiger partial charge is 0.489 e. The number of rotatable bonds is 3. The fraction of sp³-hybridized carbons (Fsp3) is 0.273. The molecule has 92 valence electrons. The summed E-state index contributed by atoms with van der Waals surface area (Å²) < 4.78 is 24.6. The Morgan fingerprint density at radius 3 is 2.82 bits per heavy atom. The van der Waals surface area contributed by atoms with Crippen LogP contribution in [-0.2, 0) is 13.6 Å². The molecule has 0 amide bonds. The Hall–Kier alpha value is -0.960. The van der Waals surface area contributed by atoms with E-state index in [0.717, 1.165) is 5.69 Å². The molecule has 0 aromatic heterocycles. The molecule has 1 saturated heterocycles. The first-order valence-electron chi connectivity index (χ1n) is 5.26. The van der Waals surface area contributed by atoms with Gasteiger partial charge >= 0.3 is 7.75 Å². The van der Waals surface area contributed by atoms with Crippen molar-refractivity contribution in [1.29, 1.82) is 0 Å². The Labute approximate surface area is 105 Å². The monoisotopic (exact) mass is 273 g/mol. The first-order valence-corrected chi connectivity index (χ1v) is 7.19. The zero-order valence-electron chi connectivity index (χ0n) is 9.38. The number of anilines is 1. The van der Waals surface area contributed by atoms with E-state index in [-0.39, 0.29) is 0 Å². The van der Waals surface area contributed by atoms with Crippen molar-refractivity contribution in [2.24, 2.45) is 0 Å². The number of halogens is 1. The van der Waals surface area contributed by atoms with Crippen molar-refractivity contribution in [1.82, 2.24) is 0 Å². The third-order valence-electron chi connectivity index (χ3n) is 2.30. The van der Waals surface area contributed by atoms with Crippen LogP contribution < -0.4 is 4.67 Å². The third-order valence-corrected chi connectivity index (χ3v) is 4.56. The number of nitrogens with zero attached hydrogens (tertiary/aromatic N) is 1. The first-order chi connectivity index (χ1) is 8.19. The summed E-state index contributed by atoms with van der Waals surface area (Å²) >= 11 is 5.60. The van der Waals surface area contributed by atoms with Gasteiger partial charge in [-0.3, -0.25) is 9.19 Å². The normalized spacial score (nSPS) is 26.2. The summed E-state index contributed by atoms with van der Waals surface area (Å²) in [6.07, 6.45) is 0. The smallest absolute Gasteiger partial charge is 0.411 e. The van der Waals surface area contributed by atoms with Gasteiger partial charge in [0.05, 0.1) is 13.2 Å². The lowest BCUT2D eigenvalue weighted by Gasteiger charge is -2.21. The highest BCUT2D eigenvalue weighted by Gasteiger charge is 2.42. The lowest BCUT2D eigenvalue weighted by molar-refractivity contribution is 0.264. The molecule has 0 aliphatic carbocycles. The minimum atomic E-state index is -3.29. The molecule has 1 aromatic rings. The van der Waals surface area contributed by atoms with Gasteiger partial charge in [0.1, 0.15) is 5.76 Å². The van der Waals surface area contributed by atoms with Crippen LogP contribution in [-0.4, -0.2) is 13.2 Å². The third kappa shape index (κ3) is 2.49. The summed E-state index contributed by atoms with van der Waals surface area (Å²) in [7, 11) is -3.29. The zero-order valence-corrected chi connectivity index (χ0v) is 11.0. The van der Waals surface area contributed by atoms with Crippen molar-refractivity contribution in [2.45, 2.75) is 6.92 Å². The fourth-order valence-electron chi connectivity index (χ4n) is 1.61. The van der Waals surface area contributed by atoms with Crippen molar-refractivity contribution in [2.75, 3.05) is 17.8 Å². The maximum absolute atomic E-state index is 12.5. The number of para-hydroxylation sites is 1. The molecular weight excluding hydrogens is 261 g/mol. The lowest BCUT2D eigenvalue weighted by atomic mass is 10.3. The quantitative estimate of drug-likeness (QED) is 0.786. The van der Waals surface area contributed by atoms with E-state index >= 15 is 0 Å². The molecule has 0 saturated carbocycles. The molecule has 0 bridgehead atoms. The summed E-state index contributed by atoms with van der Waals surface area (Å²) in [5.41, 5.74) is 2.08. The molecule has 0 N–H and O–H groups in total. The lowest BCUT2D eigenvalue weighted by Crippen LogP contribution is -2.15. The standard InChI is InChI=1S/C11H13ClNO3P/c1-2-15-17(14)13(9-11(8-12)16-17)10-6-4-3-5-7-10/h3-8H,2,9H2,1H3/b11-8-. The molecule has 1 fully saturated rings. The highest BCUT2D eigenvalue weighted by Crippen LogP contribution is 2.60. The minimum Gasteiger partial charge on any atom is -0.411 e. The summed E-state index contributed by atoms with van der Waals surface area (Å²) in [5.74, 6) is 0.451. The molecule has 1 unspecified atom stereocenters. The number of hydrogen-bond donors (Lipinski definition) is 0. The topological polar surface area (TPSA) is 38.8 Å². The van der Waals surface area contributed by atoms with Gasteiger partial charge in [0.15, 0.2) is 0 Å². The van der Waals surface area contributed by atoms with Crippen molar-refractivity contribution < 1.29 is 13.6 Å². The second-order valence-electron chi connectivity index (χ2n) is 3.45. The average Bonchev–Trinajstić information content (AvgIpc) is 2.68. The molecule has 1 aromatic carbocycles. The van der Waals surface area contributed by atoms with E-state index in [1.807, 2.05) is 30.3 Å². The molecule has 2 rings (SSSR count). The predicted molar refractivity (Wildman–Crippen MR) is 68.0 cm³/mol. The van der Waals surface area contributed by atoms with E-state index in [1.54, 1.807) is 11.6 Å². The molecule has 1 aliphatic rings. The van der Waals surface area contributed by atoms with Crippen molar-refractivity contribution in [3.05, 3.63) is 41.6 Å². The molecule has 1 atom stereocenters. The van der Waals surface area contributed by atoms with E-state index in [4.69, 9.17) is 20.6 Å². The molecule has 0 radical (unpaired) electrons. The molecule has 4 nitrogen and oxygen atoms in total. The van der Waals surface area contributed by atoms with E-state index in [1.165, 1.54) is 5.54 Å². The van der Waals surface area contributed by atoms with E-state index in [9.17, 15) is 4.57 Å². The van der Waals surface area contributed by atoms with Gasteiger partial charge in [-0.1, -0.05) is 29.8 Å². The van der Waals surface area contributed by atoms with E-state index < -0.39 is 7.75 Å². The van der Waals surface area contributed by atoms with Crippen LogP contribution in [0.15, 0.2) is 41.6 Å². The van der Waals surface area contributed by atoms with Crippen molar-refractivity contribution >= 4 is 25.0 Å². The molecule has 6 heteroatoms. The first kappa shape index (κ1) is 12.5. The van der Waals surface area contributed by atoms with Crippen LogP contribution in [0.1, 0.15) is 6.92 Å². The molecule has 0 spiro atoms. The van der Waals surface area contributed by atoms with Gasteiger partial charge in [-0.05, 0) is 19.1 Å². The second kappa shape index (κ2) is 5.13. The number of benzene rings is 1. The zero-order chi connectivity index (χ0) is 12.3. The van der Waals surface area contributed by atoms with Crippen LogP contribution >= 0.6 is 19.3 Å².